The third kappa shape index (κ3) is 4.43. The second-order valence-electron chi connectivity index (χ2n) is 6.83. The molecule has 1 aliphatic carbocycles. The fourth-order valence-electron chi connectivity index (χ4n) is 3.21. The van der Waals surface area contributed by atoms with Crippen LogP contribution in [0.15, 0.2) is 36.5 Å². The molecule has 1 aromatic heterocycles. The SMILES string of the molecule is CC(C)N(Cc1ccccc1)c1nncc(NC2CCCCC2)n1. The second kappa shape index (κ2) is 8.08. The van der Waals surface area contributed by atoms with Gasteiger partial charge >= 0.3 is 0 Å². The summed E-state index contributed by atoms with van der Waals surface area (Å²) >= 11 is 0. The van der Waals surface area contributed by atoms with Crippen molar-refractivity contribution in [3.8, 4) is 0 Å². The van der Waals surface area contributed by atoms with Crippen molar-refractivity contribution in [1.29, 1.82) is 0 Å². The summed E-state index contributed by atoms with van der Waals surface area (Å²) in [5.41, 5.74) is 1.25. The number of nitrogens with zero attached hydrogens (tertiary/aromatic N) is 4. The molecule has 0 unspecified atom stereocenters. The maximum absolute atomic E-state index is 4.73. The van der Waals surface area contributed by atoms with Crippen LogP contribution in [0, 0.1) is 0 Å². The summed E-state index contributed by atoms with van der Waals surface area (Å²) in [6.45, 7) is 5.11. The van der Waals surface area contributed by atoms with Gasteiger partial charge in [0.1, 0.15) is 0 Å². The van der Waals surface area contributed by atoms with Gasteiger partial charge in [-0.1, -0.05) is 49.6 Å². The van der Waals surface area contributed by atoms with E-state index in [-0.39, 0.29) is 0 Å². The topological polar surface area (TPSA) is 53.9 Å². The van der Waals surface area contributed by atoms with E-state index in [0.29, 0.717) is 18.0 Å². The van der Waals surface area contributed by atoms with Gasteiger partial charge in [-0.25, -0.2) is 0 Å². The molecule has 0 radical (unpaired) electrons. The summed E-state index contributed by atoms with van der Waals surface area (Å²) in [4.78, 5) is 6.91. The smallest absolute Gasteiger partial charge is 0.247 e. The van der Waals surface area contributed by atoms with Gasteiger partial charge in [0.15, 0.2) is 5.82 Å². The van der Waals surface area contributed by atoms with Gasteiger partial charge in [0.05, 0.1) is 6.20 Å². The van der Waals surface area contributed by atoms with Crippen molar-refractivity contribution in [2.75, 3.05) is 10.2 Å². The van der Waals surface area contributed by atoms with Crippen LogP contribution in [0.4, 0.5) is 11.8 Å². The Morgan fingerprint density at radius 2 is 1.88 bits per heavy atom. The van der Waals surface area contributed by atoms with Gasteiger partial charge in [-0.2, -0.15) is 10.1 Å². The highest BCUT2D eigenvalue weighted by atomic mass is 15.3. The number of aromatic nitrogens is 3. The van der Waals surface area contributed by atoms with Crippen molar-refractivity contribution in [3.63, 3.8) is 0 Å². The summed E-state index contributed by atoms with van der Waals surface area (Å²) in [6.07, 6.45) is 8.13. The Balaban J connectivity index is 1.74. The van der Waals surface area contributed by atoms with Crippen LogP contribution in [0.25, 0.3) is 0 Å². The minimum Gasteiger partial charge on any atom is -0.366 e. The maximum Gasteiger partial charge on any atom is 0.247 e. The quantitative estimate of drug-likeness (QED) is 0.869. The van der Waals surface area contributed by atoms with Crippen molar-refractivity contribution in [1.82, 2.24) is 15.2 Å². The highest BCUT2D eigenvalue weighted by Crippen LogP contribution is 2.22. The first-order valence-electron chi connectivity index (χ1n) is 8.99. The molecule has 3 rings (SSSR count). The first-order valence-corrected chi connectivity index (χ1v) is 8.99. The number of hydrogen-bond donors (Lipinski definition) is 1. The minimum absolute atomic E-state index is 0.303. The number of nitrogens with one attached hydrogen (secondary N) is 1. The predicted molar refractivity (Wildman–Crippen MR) is 98.1 cm³/mol. The van der Waals surface area contributed by atoms with Crippen LogP contribution in [0.5, 0.6) is 0 Å². The summed E-state index contributed by atoms with van der Waals surface area (Å²) in [5.74, 6) is 1.53. The number of anilines is 2. The molecule has 128 valence electrons. The van der Waals surface area contributed by atoms with Crippen LogP contribution < -0.4 is 10.2 Å². The minimum atomic E-state index is 0.303. The number of rotatable bonds is 6. The third-order valence-corrected chi connectivity index (χ3v) is 4.58. The van der Waals surface area contributed by atoms with E-state index in [2.05, 4.69) is 58.5 Å². The first kappa shape index (κ1) is 16.7. The molecule has 0 bridgehead atoms. The first-order chi connectivity index (χ1) is 11.7. The van der Waals surface area contributed by atoms with Gasteiger partial charge in [0.2, 0.25) is 5.95 Å². The van der Waals surface area contributed by atoms with E-state index in [1.807, 2.05) is 6.07 Å². The predicted octanol–water partition coefficient (Wildman–Crippen LogP) is 4.03. The van der Waals surface area contributed by atoms with Crippen molar-refractivity contribution >= 4 is 11.8 Å². The molecule has 0 aliphatic heterocycles. The van der Waals surface area contributed by atoms with Crippen LogP contribution in [-0.4, -0.2) is 27.3 Å². The van der Waals surface area contributed by atoms with Crippen LogP contribution >= 0.6 is 0 Å². The van der Waals surface area contributed by atoms with Crippen LogP contribution in [-0.2, 0) is 6.54 Å². The Kier molecular flexibility index (Phi) is 5.62. The molecule has 0 spiro atoms. The molecule has 24 heavy (non-hydrogen) atoms. The zero-order valence-electron chi connectivity index (χ0n) is 14.7. The lowest BCUT2D eigenvalue weighted by molar-refractivity contribution is 0.461. The van der Waals surface area contributed by atoms with E-state index < -0.39 is 0 Å². The third-order valence-electron chi connectivity index (χ3n) is 4.58. The van der Waals surface area contributed by atoms with Crippen molar-refractivity contribution in [3.05, 3.63) is 42.1 Å². The van der Waals surface area contributed by atoms with Crippen molar-refractivity contribution < 1.29 is 0 Å². The van der Waals surface area contributed by atoms with Crippen LogP contribution in [0.1, 0.15) is 51.5 Å². The molecule has 5 heteroatoms. The molecule has 5 nitrogen and oxygen atoms in total. The van der Waals surface area contributed by atoms with Crippen LogP contribution in [0.3, 0.4) is 0 Å². The number of hydrogen-bond acceptors (Lipinski definition) is 5. The van der Waals surface area contributed by atoms with Gasteiger partial charge in [0, 0.05) is 18.6 Å². The highest BCUT2D eigenvalue weighted by molar-refractivity contribution is 5.41. The van der Waals surface area contributed by atoms with Gasteiger partial charge in [0.25, 0.3) is 0 Å². The molecule has 1 saturated carbocycles. The van der Waals surface area contributed by atoms with E-state index in [1.165, 1.54) is 37.7 Å². The van der Waals surface area contributed by atoms with Gasteiger partial charge in [-0.3, -0.25) is 0 Å². The van der Waals surface area contributed by atoms with Gasteiger partial charge < -0.3 is 10.2 Å². The molecule has 0 amide bonds. The van der Waals surface area contributed by atoms with Gasteiger partial charge in [-0.15, -0.1) is 5.10 Å². The summed E-state index contributed by atoms with van der Waals surface area (Å²) < 4.78 is 0. The van der Waals surface area contributed by atoms with E-state index in [4.69, 9.17) is 4.98 Å². The summed E-state index contributed by atoms with van der Waals surface area (Å²) in [6, 6.07) is 11.2. The fraction of sp³-hybridized carbons (Fsp3) is 0.526. The fourth-order valence-corrected chi connectivity index (χ4v) is 3.21. The zero-order chi connectivity index (χ0) is 16.8. The molecule has 0 saturated heterocycles. The lowest BCUT2D eigenvalue weighted by Gasteiger charge is -2.27. The monoisotopic (exact) mass is 325 g/mol. The number of benzene rings is 1. The average Bonchev–Trinajstić information content (AvgIpc) is 2.61. The molecule has 0 atom stereocenters. The standard InChI is InChI=1S/C19H27N5/c1-15(2)24(14-16-9-5-3-6-10-16)19-22-18(13-20-23-19)21-17-11-7-4-8-12-17/h3,5-6,9-10,13,15,17H,4,7-8,11-12,14H2,1-2H3,(H,21,22,23). The Labute approximate surface area is 144 Å². The molecule has 1 heterocycles. The Morgan fingerprint density at radius 3 is 2.58 bits per heavy atom. The lowest BCUT2D eigenvalue weighted by atomic mass is 9.96. The van der Waals surface area contributed by atoms with Crippen molar-refractivity contribution in [2.24, 2.45) is 0 Å². The molecular formula is C19H27N5. The van der Waals surface area contributed by atoms with E-state index in [9.17, 15) is 0 Å². The van der Waals surface area contributed by atoms with Crippen molar-refractivity contribution in [2.45, 2.75) is 64.6 Å². The summed E-state index contributed by atoms with van der Waals surface area (Å²) in [5, 5.41) is 12.0. The zero-order valence-corrected chi connectivity index (χ0v) is 14.7. The molecule has 1 fully saturated rings. The normalized spacial score (nSPS) is 15.5. The van der Waals surface area contributed by atoms with Crippen LogP contribution in [0.2, 0.25) is 0 Å². The van der Waals surface area contributed by atoms with E-state index in [1.54, 1.807) is 6.20 Å². The summed E-state index contributed by atoms with van der Waals surface area (Å²) in [7, 11) is 0. The molecule has 2 aromatic rings. The maximum atomic E-state index is 4.73. The molecule has 1 aliphatic rings. The largest absolute Gasteiger partial charge is 0.366 e. The molecule has 1 aromatic carbocycles. The molecule has 1 N–H and O–H groups in total. The molecular weight excluding hydrogens is 298 g/mol. The second-order valence-corrected chi connectivity index (χ2v) is 6.83. The Morgan fingerprint density at radius 1 is 1.12 bits per heavy atom. The van der Waals surface area contributed by atoms with E-state index >= 15 is 0 Å². The van der Waals surface area contributed by atoms with E-state index in [0.717, 1.165) is 12.4 Å². The average molecular weight is 325 g/mol. The Hall–Kier alpha value is -2.17. The van der Waals surface area contributed by atoms with Gasteiger partial charge in [-0.05, 0) is 32.3 Å². The Bertz CT molecular complexity index is 623. The lowest BCUT2D eigenvalue weighted by Crippen LogP contribution is -2.32. The highest BCUT2D eigenvalue weighted by Gasteiger charge is 2.17.